The van der Waals surface area contributed by atoms with Gasteiger partial charge in [0.2, 0.25) is 0 Å². The smallest absolute Gasteiger partial charge is 0.272 e. The lowest BCUT2D eigenvalue weighted by Gasteiger charge is -2.32. The Balaban J connectivity index is 1.45. The first-order chi connectivity index (χ1) is 12.7. The van der Waals surface area contributed by atoms with Crippen LogP contribution in [-0.2, 0) is 11.3 Å². The van der Waals surface area contributed by atoms with Gasteiger partial charge in [-0.05, 0) is 30.3 Å². The molecule has 7 heteroatoms. The Labute approximate surface area is 153 Å². The first-order valence-electron chi connectivity index (χ1n) is 9.06. The summed E-state index contributed by atoms with van der Waals surface area (Å²) in [7, 11) is 1.65. The molecule has 1 amide bonds. The van der Waals surface area contributed by atoms with Gasteiger partial charge in [-0.3, -0.25) is 14.4 Å². The average molecular weight is 356 g/mol. The number of aromatic nitrogens is 2. The second kappa shape index (κ2) is 7.47. The SMILES string of the molecule is COc1ccc(-c2cc3n(n2)CCN(CCN2CCOCC2)C3=O)cc1. The Bertz CT molecular complexity index is 766. The zero-order valence-corrected chi connectivity index (χ0v) is 15.1. The van der Waals surface area contributed by atoms with Crippen LogP contribution in [0.5, 0.6) is 5.75 Å². The Hall–Kier alpha value is -2.38. The van der Waals surface area contributed by atoms with Gasteiger partial charge in [-0.1, -0.05) is 0 Å². The molecule has 1 saturated heterocycles. The molecule has 0 N–H and O–H groups in total. The fraction of sp³-hybridized carbons (Fsp3) is 0.474. The summed E-state index contributed by atoms with van der Waals surface area (Å²) in [6, 6.07) is 9.64. The summed E-state index contributed by atoms with van der Waals surface area (Å²) in [4.78, 5) is 17.1. The van der Waals surface area contributed by atoms with Gasteiger partial charge in [0.1, 0.15) is 11.4 Å². The van der Waals surface area contributed by atoms with Crippen molar-refractivity contribution in [3.05, 3.63) is 36.0 Å². The van der Waals surface area contributed by atoms with Gasteiger partial charge in [0, 0.05) is 38.3 Å². The summed E-state index contributed by atoms with van der Waals surface area (Å²) < 4.78 is 12.4. The number of carbonyl (C=O) groups excluding carboxylic acids is 1. The first kappa shape index (κ1) is 17.1. The van der Waals surface area contributed by atoms with E-state index in [0.717, 1.165) is 62.9 Å². The maximum absolute atomic E-state index is 12.8. The Morgan fingerprint density at radius 2 is 1.85 bits per heavy atom. The molecule has 0 radical (unpaired) electrons. The number of nitrogens with zero attached hydrogens (tertiary/aromatic N) is 4. The minimum absolute atomic E-state index is 0.0665. The Morgan fingerprint density at radius 3 is 2.58 bits per heavy atom. The molecule has 2 aromatic rings. The number of rotatable bonds is 5. The van der Waals surface area contributed by atoms with E-state index < -0.39 is 0 Å². The molecule has 0 saturated carbocycles. The summed E-state index contributed by atoms with van der Waals surface area (Å²) >= 11 is 0. The number of fused-ring (bicyclic) bond motifs is 1. The minimum Gasteiger partial charge on any atom is -0.497 e. The molecule has 2 aliphatic rings. The molecule has 3 heterocycles. The highest BCUT2D eigenvalue weighted by Gasteiger charge is 2.27. The fourth-order valence-corrected chi connectivity index (χ4v) is 3.44. The average Bonchev–Trinajstić information content (AvgIpc) is 3.14. The summed E-state index contributed by atoms with van der Waals surface area (Å²) in [5, 5.41) is 4.61. The third kappa shape index (κ3) is 3.45. The molecule has 1 fully saturated rings. The molecule has 0 aliphatic carbocycles. The van der Waals surface area contributed by atoms with Crippen molar-refractivity contribution in [3.63, 3.8) is 0 Å². The summed E-state index contributed by atoms with van der Waals surface area (Å²) in [6.45, 7) is 6.55. The molecule has 1 aromatic carbocycles. The van der Waals surface area contributed by atoms with Gasteiger partial charge in [0.25, 0.3) is 5.91 Å². The van der Waals surface area contributed by atoms with Crippen LogP contribution in [0.2, 0.25) is 0 Å². The molecule has 0 spiro atoms. The van der Waals surface area contributed by atoms with Crippen LogP contribution < -0.4 is 4.74 Å². The van der Waals surface area contributed by atoms with Crippen LogP contribution in [0, 0.1) is 0 Å². The number of morpholine rings is 1. The predicted molar refractivity (Wildman–Crippen MR) is 97.4 cm³/mol. The third-order valence-corrected chi connectivity index (χ3v) is 5.04. The van der Waals surface area contributed by atoms with Crippen molar-refractivity contribution in [2.24, 2.45) is 0 Å². The fourth-order valence-electron chi connectivity index (χ4n) is 3.44. The van der Waals surface area contributed by atoms with E-state index in [9.17, 15) is 4.79 Å². The van der Waals surface area contributed by atoms with E-state index >= 15 is 0 Å². The molecular weight excluding hydrogens is 332 g/mol. The molecule has 4 rings (SSSR count). The van der Waals surface area contributed by atoms with Gasteiger partial charge in [0.15, 0.2) is 0 Å². The van der Waals surface area contributed by atoms with Gasteiger partial charge in [-0.25, -0.2) is 0 Å². The van der Waals surface area contributed by atoms with Crippen molar-refractivity contribution in [1.82, 2.24) is 19.6 Å². The van der Waals surface area contributed by atoms with E-state index in [-0.39, 0.29) is 5.91 Å². The number of amides is 1. The zero-order chi connectivity index (χ0) is 17.9. The van der Waals surface area contributed by atoms with Crippen molar-refractivity contribution in [2.75, 3.05) is 53.0 Å². The zero-order valence-electron chi connectivity index (χ0n) is 15.1. The second-order valence-corrected chi connectivity index (χ2v) is 6.61. The summed E-state index contributed by atoms with van der Waals surface area (Å²) in [5.41, 5.74) is 2.48. The molecule has 26 heavy (non-hydrogen) atoms. The van der Waals surface area contributed by atoms with E-state index in [4.69, 9.17) is 9.47 Å². The number of hydrogen-bond acceptors (Lipinski definition) is 5. The van der Waals surface area contributed by atoms with Crippen LogP contribution >= 0.6 is 0 Å². The Kier molecular flexibility index (Phi) is 4.90. The normalized spacial score (nSPS) is 18.0. The lowest BCUT2D eigenvalue weighted by molar-refractivity contribution is 0.0313. The number of hydrogen-bond donors (Lipinski definition) is 0. The van der Waals surface area contributed by atoms with E-state index in [1.807, 2.05) is 39.9 Å². The van der Waals surface area contributed by atoms with Crippen LogP contribution in [0.4, 0.5) is 0 Å². The first-order valence-corrected chi connectivity index (χ1v) is 9.06. The van der Waals surface area contributed by atoms with Crippen molar-refractivity contribution in [3.8, 4) is 17.0 Å². The molecule has 7 nitrogen and oxygen atoms in total. The summed E-state index contributed by atoms with van der Waals surface area (Å²) in [5.74, 6) is 0.875. The highest BCUT2D eigenvalue weighted by Crippen LogP contribution is 2.24. The lowest BCUT2D eigenvalue weighted by Crippen LogP contribution is -2.46. The van der Waals surface area contributed by atoms with Gasteiger partial charge in [-0.2, -0.15) is 5.10 Å². The van der Waals surface area contributed by atoms with Gasteiger partial charge < -0.3 is 14.4 Å². The molecular formula is C19H24N4O3. The lowest BCUT2D eigenvalue weighted by atomic mass is 10.1. The van der Waals surface area contributed by atoms with Crippen LogP contribution in [0.25, 0.3) is 11.3 Å². The van der Waals surface area contributed by atoms with Crippen LogP contribution in [0.15, 0.2) is 30.3 Å². The standard InChI is InChI=1S/C19H24N4O3/c1-25-16-4-2-15(3-5-16)17-14-18-19(24)22(8-9-23(18)20-17)7-6-21-10-12-26-13-11-21/h2-5,14H,6-13H2,1H3. The second-order valence-electron chi connectivity index (χ2n) is 6.61. The monoisotopic (exact) mass is 356 g/mol. The van der Waals surface area contributed by atoms with E-state index in [1.165, 1.54) is 0 Å². The molecule has 138 valence electrons. The topological polar surface area (TPSA) is 59.8 Å². The van der Waals surface area contributed by atoms with Crippen LogP contribution in [-0.4, -0.2) is 78.5 Å². The predicted octanol–water partition coefficient (Wildman–Crippen LogP) is 1.35. The Morgan fingerprint density at radius 1 is 1.08 bits per heavy atom. The van der Waals surface area contributed by atoms with Crippen molar-refractivity contribution < 1.29 is 14.3 Å². The van der Waals surface area contributed by atoms with Crippen molar-refractivity contribution in [1.29, 1.82) is 0 Å². The maximum Gasteiger partial charge on any atom is 0.272 e. The molecule has 0 unspecified atom stereocenters. The number of benzene rings is 1. The molecule has 1 aromatic heterocycles. The molecule has 0 atom stereocenters. The van der Waals surface area contributed by atoms with Crippen molar-refractivity contribution >= 4 is 5.91 Å². The number of methoxy groups -OCH3 is 1. The maximum atomic E-state index is 12.8. The largest absolute Gasteiger partial charge is 0.497 e. The highest BCUT2D eigenvalue weighted by atomic mass is 16.5. The van der Waals surface area contributed by atoms with E-state index in [2.05, 4.69) is 10.00 Å². The van der Waals surface area contributed by atoms with Gasteiger partial charge >= 0.3 is 0 Å². The molecule has 2 aliphatic heterocycles. The quantitative estimate of drug-likeness (QED) is 0.809. The van der Waals surface area contributed by atoms with E-state index in [0.29, 0.717) is 12.2 Å². The summed E-state index contributed by atoms with van der Waals surface area (Å²) in [6.07, 6.45) is 0. The highest BCUT2D eigenvalue weighted by molar-refractivity contribution is 5.94. The van der Waals surface area contributed by atoms with Crippen LogP contribution in [0.1, 0.15) is 10.5 Å². The van der Waals surface area contributed by atoms with E-state index in [1.54, 1.807) is 7.11 Å². The number of ether oxygens (including phenoxy) is 2. The van der Waals surface area contributed by atoms with Gasteiger partial charge in [-0.15, -0.1) is 0 Å². The number of carbonyl (C=O) groups is 1. The van der Waals surface area contributed by atoms with Crippen molar-refractivity contribution in [2.45, 2.75) is 6.54 Å². The van der Waals surface area contributed by atoms with Crippen LogP contribution in [0.3, 0.4) is 0 Å². The third-order valence-electron chi connectivity index (χ3n) is 5.04. The molecule has 0 bridgehead atoms. The van der Waals surface area contributed by atoms with Gasteiger partial charge in [0.05, 0.1) is 32.6 Å². The minimum atomic E-state index is 0.0665.